The number of rotatable bonds is 4. The topological polar surface area (TPSA) is 68.3 Å². The second-order valence-corrected chi connectivity index (χ2v) is 7.40. The van der Waals surface area contributed by atoms with Crippen LogP contribution in [-0.2, 0) is 0 Å². The van der Waals surface area contributed by atoms with Crippen molar-refractivity contribution >= 4 is 39.8 Å². The monoisotopic (exact) mass is 466 g/mol. The highest BCUT2D eigenvalue weighted by Gasteiger charge is 2.21. The van der Waals surface area contributed by atoms with Gasteiger partial charge in [-0.15, -0.1) is 0 Å². The minimum atomic E-state index is 0.377. The maximum Gasteiger partial charge on any atom is 0.141 e. The Morgan fingerprint density at radius 3 is 1.90 bits per heavy atom. The number of nitrogens with one attached hydrogen (secondary N) is 2. The fourth-order valence-corrected chi connectivity index (χ4v) is 3.37. The molecule has 0 radical (unpaired) electrons. The van der Waals surface area contributed by atoms with E-state index in [4.69, 9.17) is 32.7 Å². The highest BCUT2D eigenvalue weighted by molar-refractivity contribution is 6.41. The summed E-state index contributed by atoms with van der Waals surface area (Å²) in [6, 6.07) is 5.53. The van der Waals surface area contributed by atoms with Crippen molar-refractivity contribution in [1.82, 2.24) is 15.3 Å². The van der Waals surface area contributed by atoms with Gasteiger partial charge >= 0.3 is 0 Å². The third-order valence-corrected chi connectivity index (χ3v) is 4.67. The number of aromatic nitrogens is 2. The molecule has 0 aliphatic carbocycles. The van der Waals surface area contributed by atoms with Crippen LogP contribution in [0.4, 0.5) is 5.82 Å². The summed E-state index contributed by atoms with van der Waals surface area (Å²) in [5.74, 6) is 1.65. The number of anilines is 1. The molecule has 0 saturated heterocycles. The zero-order chi connectivity index (χ0) is 23.6. The molecule has 170 valence electrons. The minimum Gasteiger partial charge on any atom is -0.495 e. The van der Waals surface area contributed by atoms with Crippen LogP contribution in [0, 0.1) is 6.92 Å². The van der Waals surface area contributed by atoms with Crippen LogP contribution in [0.15, 0.2) is 24.4 Å². The number of benzene rings is 1. The predicted octanol–water partition coefficient (Wildman–Crippen LogP) is 6.22. The van der Waals surface area contributed by atoms with Crippen LogP contribution in [0.2, 0.25) is 10.0 Å². The third-order valence-electron chi connectivity index (χ3n) is 3.92. The second kappa shape index (κ2) is 13.2. The van der Waals surface area contributed by atoms with Crippen LogP contribution in [0.25, 0.3) is 22.0 Å². The van der Waals surface area contributed by atoms with Crippen molar-refractivity contribution in [3.8, 4) is 22.8 Å². The van der Waals surface area contributed by atoms with E-state index >= 15 is 0 Å². The lowest BCUT2D eigenvalue weighted by molar-refractivity contribution is 0.395. The normalized spacial score (nSPS) is 9.87. The second-order valence-electron chi connectivity index (χ2n) is 6.64. The van der Waals surface area contributed by atoms with Crippen molar-refractivity contribution in [2.24, 2.45) is 0 Å². The first kappa shape index (κ1) is 26.8. The molecule has 3 aromatic rings. The molecule has 2 heterocycles. The summed E-state index contributed by atoms with van der Waals surface area (Å²) in [5, 5.41) is 8.52. The van der Waals surface area contributed by atoms with E-state index in [0.29, 0.717) is 38.6 Å². The lowest BCUT2D eigenvalue weighted by atomic mass is 10.1. The zero-order valence-electron chi connectivity index (χ0n) is 19.5. The van der Waals surface area contributed by atoms with E-state index in [2.05, 4.69) is 34.4 Å². The molecule has 3 rings (SSSR count). The molecule has 2 N–H and O–H groups in total. The molecule has 0 bridgehead atoms. The number of ether oxygens (including phenoxy) is 2. The average molecular weight is 467 g/mol. The smallest absolute Gasteiger partial charge is 0.141 e. The van der Waals surface area contributed by atoms with Gasteiger partial charge in [0.25, 0.3) is 0 Å². The Hall–Kier alpha value is -2.28. The summed E-state index contributed by atoms with van der Waals surface area (Å²) in [5.41, 5.74) is 2.07. The fourth-order valence-electron chi connectivity index (χ4n) is 2.68. The Morgan fingerprint density at radius 2 is 1.45 bits per heavy atom. The van der Waals surface area contributed by atoms with E-state index in [1.165, 1.54) is 20.6 Å². The Balaban J connectivity index is 0.000000720. The van der Waals surface area contributed by atoms with Gasteiger partial charge in [-0.25, -0.2) is 4.98 Å². The predicted molar refractivity (Wildman–Crippen MR) is 133 cm³/mol. The molecule has 0 atom stereocenters. The number of pyridine rings is 2. The van der Waals surface area contributed by atoms with Gasteiger partial charge in [0, 0.05) is 41.3 Å². The molecule has 0 saturated carbocycles. The first-order valence-corrected chi connectivity index (χ1v) is 10.7. The summed E-state index contributed by atoms with van der Waals surface area (Å²) in [6.45, 7) is 6.19. The third kappa shape index (κ3) is 6.60. The molecule has 0 aliphatic heterocycles. The quantitative estimate of drug-likeness (QED) is 0.475. The van der Waals surface area contributed by atoms with Gasteiger partial charge in [-0.3, -0.25) is 4.98 Å². The van der Waals surface area contributed by atoms with Crippen LogP contribution in [0.3, 0.4) is 0 Å². The molecule has 0 unspecified atom stereocenters. The average Bonchev–Trinajstić information content (AvgIpc) is 2.75. The van der Waals surface area contributed by atoms with Crippen molar-refractivity contribution in [3.63, 3.8) is 0 Å². The summed E-state index contributed by atoms with van der Waals surface area (Å²) < 4.78 is 10.7. The molecule has 1 aromatic carbocycles. The fraction of sp³-hybridized carbons (Fsp3) is 0.391. The standard InChI is InChI=1S/C18H17Cl2N3O2.C3H8.C2H7N/c1-9-5-11-10(8-22-9)6-12(23-18(11)21-2)15-16(19)13(24-3)7-14(25-4)17(15)20;2*1-3-2/h5-8H,1-4H3,(H,21,23);3H2,1-2H3;3H,1-2H3. The van der Waals surface area contributed by atoms with Crippen LogP contribution in [0.1, 0.15) is 26.0 Å². The lowest BCUT2D eigenvalue weighted by Gasteiger charge is -2.16. The van der Waals surface area contributed by atoms with Crippen molar-refractivity contribution in [3.05, 3.63) is 40.1 Å². The summed E-state index contributed by atoms with van der Waals surface area (Å²) in [4.78, 5) is 9.04. The van der Waals surface area contributed by atoms with E-state index in [0.717, 1.165) is 16.5 Å². The molecule has 8 heteroatoms. The van der Waals surface area contributed by atoms with Gasteiger partial charge in [0.2, 0.25) is 0 Å². The first-order valence-electron chi connectivity index (χ1n) is 9.97. The van der Waals surface area contributed by atoms with E-state index in [9.17, 15) is 0 Å². The Morgan fingerprint density at radius 1 is 0.935 bits per heavy atom. The Labute approximate surface area is 195 Å². The molecule has 0 aliphatic rings. The van der Waals surface area contributed by atoms with E-state index in [1.54, 1.807) is 12.3 Å². The summed E-state index contributed by atoms with van der Waals surface area (Å²) >= 11 is 13.0. The van der Waals surface area contributed by atoms with Crippen LogP contribution >= 0.6 is 23.2 Å². The van der Waals surface area contributed by atoms with Gasteiger partial charge in [-0.2, -0.15) is 0 Å². The van der Waals surface area contributed by atoms with Crippen LogP contribution in [0.5, 0.6) is 11.5 Å². The highest BCUT2D eigenvalue weighted by Crippen LogP contribution is 2.46. The molecule has 0 fully saturated rings. The molecule has 6 nitrogen and oxygen atoms in total. The maximum absolute atomic E-state index is 6.51. The van der Waals surface area contributed by atoms with Gasteiger partial charge in [0.15, 0.2) is 0 Å². The number of aryl methyl sites for hydroxylation is 1. The minimum absolute atomic E-state index is 0.377. The number of hydrogen-bond donors (Lipinski definition) is 2. The van der Waals surface area contributed by atoms with E-state index < -0.39 is 0 Å². The van der Waals surface area contributed by atoms with Crippen molar-refractivity contribution in [2.75, 3.05) is 40.7 Å². The van der Waals surface area contributed by atoms with Gasteiger partial charge in [-0.1, -0.05) is 43.5 Å². The molecule has 2 aromatic heterocycles. The van der Waals surface area contributed by atoms with Crippen molar-refractivity contribution < 1.29 is 9.47 Å². The Bertz CT molecular complexity index is 967. The number of fused-ring (bicyclic) bond motifs is 1. The highest BCUT2D eigenvalue weighted by atomic mass is 35.5. The zero-order valence-corrected chi connectivity index (χ0v) is 21.0. The molecular weight excluding hydrogens is 435 g/mol. The largest absolute Gasteiger partial charge is 0.495 e. The van der Waals surface area contributed by atoms with E-state index in [-0.39, 0.29) is 0 Å². The van der Waals surface area contributed by atoms with E-state index in [1.807, 2.05) is 40.2 Å². The maximum atomic E-state index is 6.51. The number of nitrogens with zero attached hydrogens (tertiary/aromatic N) is 2. The first-order chi connectivity index (χ1) is 14.8. The molecule has 0 spiro atoms. The van der Waals surface area contributed by atoms with Crippen molar-refractivity contribution in [2.45, 2.75) is 27.2 Å². The molecular formula is C23H32Cl2N4O2. The lowest BCUT2D eigenvalue weighted by Crippen LogP contribution is -1.99. The number of hydrogen-bond acceptors (Lipinski definition) is 6. The van der Waals surface area contributed by atoms with Gasteiger partial charge < -0.3 is 20.1 Å². The van der Waals surface area contributed by atoms with Gasteiger partial charge in [-0.05, 0) is 33.2 Å². The van der Waals surface area contributed by atoms with Gasteiger partial charge in [0.1, 0.15) is 17.3 Å². The summed E-state index contributed by atoms with van der Waals surface area (Å²) in [7, 11) is 8.65. The number of halogens is 2. The van der Waals surface area contributed by atoms with Crippen molar-refractivity contribution in [1.29, 1.82) is 0 Å². The SMILES string of the molecule is CCC.CNC.CNc1nc(-c2c(Cl)c(OC)cc(OC)c2Cl)cc2cnc(C)cc12. The molecule has 31 heavy (non-hydrogen) atoms. The Kier molecular flexibility index (Phi) is 11.4. The number of methoxy groups -OCH3 is 2. The molecule has 0 amide bonds. The van der Waals surface area contributed by atoms with Crippen LogP contribution in [-0.4, -0.2) is 45.3 Å². The van der Waals surface area contributed by atoms with Crippen LogP contribution < -0.4 is 20.1 Å². The summed E-state index contributed by atoms with van der Waals surface area (Å²) in [6.07, 6.45) is 3.05. The van der Waals surface area contributed by atoms with Gasteiger partial charge in [0.05, 0.1) is 30.0 Å².